The maximum absolute atomic E-state index is 9.31. The Labute approximate surface area is 69.2 Å². The van der Waals surface area contributed by atoms with E-state index in [1.165, 1.54) is 6.34 Å². The first-order chi connectivity index (χ1) is 5.77. The molecule has 62 valence electrons. The van der Waals surface area contributed by atoms with E-state index in [1.807, 2.05) is 6.92 Å². The monoisotopic (exact) mass is 164 g/mol. The third-order valence-corrected chi connectivity index (χ3v) is 1.58. The molecule has 0 saturated carbocycles. The van der Waals surface area contributed by atoms with Gasteiger partial charge in [0.05, 0.1) is 12.0 Å². The molecule has 2 heterocycles. The summed E-state index contributed by atoms with van der Waals surface area (Å²) in [7, 11) is 0. The van der Waals surface area contributed by atoms with Crippen LogP contribution in [0.1, 0.15) is 17.6 Å². The molecule has 0 fully saturated rings. The van der Waals surface area contributed by atoms with Crippen LogP contribution in [-0.2, 0) is 0 Å². The van der Waals surface area contributed by atoms with Gasteiger partial charge in [0.2, 0.25) is 0 Å². The minimum Gasteiger partial charge on any atom is -0.366 e. The number of aryl methyl sites for hydroxylation is 1. The van der Waals surface area contributed by atoms with Crippen molar-refractivity contribution in [3.8, 4) is 0 Å². The van der Waals surface area contributed by atoms with E-state index >= 15 is 0 Å². The number of rotatable bonds is 0. The molecule has 0 spiro atoms. The number of fused-ring (bicyclic) bond motifs is 1. The van der Waals surface area contributed by atoms with Gasteiger partial charge in [0.15, 0.2) is 12.0 Å². The lowest BCUT2D eigenvalue weighted by molar-refractivity contribution is 0.183. The van der Waals surface area contributed by atoms with Gasteiger partial charge in [-0.15, -0.1) is 0 Å². The lowest BCUT2D eigenvalue weighted by Crippen LogP contribution is -2.13. The molecule has 0 aromatic carbocycles. The van der Waals surface area contributed by atoms with E-state index in [1.54, 1.807) is 6.20 Å². The minimum absolute atomic E-state index is 0.475. The Morgan fingerprint density at radius 2 is 2.42 bits per heavy atom. The van der Waals surface area contributed by atoms with Crippen LogP contribution in [0.5, 0.6) is 0 Å². The van der Waals surface area contributed by atoms with Crippen LogP contribution in [0.15, 0.2) is 11.2 Å². The Hall–Kier alpha value is -1.49. The van der Waals surface area contributed by atoms with Crippen LogP contribution in [-0.4, -0.2) is 21.4 Å². The summed E-state index contributed by atoms with van der Waals surface area (Å²) in [6.45, 7) is 1.84. The summed E-state index contributed by atoms with van der Waals surface area (Å²) < 4.78 is 0. The number of aliphatic hydroxyl groups excluding tert-OH is 1. The van der Waals surface area contributed by atoms with Crippen LogP contribution in [0.4, 0.5) is 5.82 Å². The van der Waals surface area contributed by atoms with Gasteiger partial charge < -0.3 is 10.4 Å². The summed E-state index contributed by atoms with van der Waals surface area (Å²) in [6.07, 6.45) is 2.14. The van der Waals surface area contributed by atoms with Gasteiger partial charge in [-0.2, -0.15) is 0 Å². The second-order valence-electron chi connectivity index (χ2n) is 2.54. The van der Waals surface area contributed by atoms with Gasteiger partial charge in [-0.05, 0) is 6.92 Å². The van der Waals surface area contributed by atoms with Gasteiger partial charge in [-0.1, -0.05) is 0 Å². The molecule has 0 radical (unpaired) electrons. The highest BCUT2D eigenvalue weighted by Crippen LogP contribution is 2.21. The molecule has 0 saturated heterocycles. The smallest absolute Gasteiger partial charge is 0.193 e. The van der Waals surface area contributed by atoms with Gasteiger partial charge in [-0.25, -0.2) is 9.98 Å². The SMILES string of the molecule is Cc1cnc2c(n1)NC=NC2O. The molecule has 1 aromatic rings. The number of nitrogens with zero attached hydrogens (tertiary/aromatic N) is 3. The number of hydrogen-bond acceptors (Lipinski definition) is 5. The number of aliphatic hydroxyl groups is 1. The molecular formula is C7H8N4O. The van der Waals surface area contributed by atoms with E-state index in [9.17, 15) is 5.11 Å². The maximum atomic E-state index is 9.31. The molecule has 0 aliphatic carbocycles. The Morgan fingerprint density at radius 3 is 3.25 bits per heavy atom. The molecule has 0 bridgehead atoms. The molecule has 5 nitrogen and oxygen atoms in total. The summed E-state index contributed by atoms with van der Waals surface area (Å²) >= 11 is 0. The summed E-state index contributed by atoms with van der Waals surface area (Å²) in [5.74, 6) is 0.581. The van der Waals surface area contributed by atoms with Crippen molar-refractivity contribution in [1.29, 1.82) is 0 Å². The van der Waals surface area contributed by atoms with Crippen molar-refractivity contribution in [1.82, 2.24) is 9.97 Å². The van der Waals surface area contributed by atoms with Gasteiger partial charge in [0.1, 0.15) is 5.69 Å². The Balaban J connectivity index is 2.51. The average molecular weight is 164 g/mol. The first-order valence-electron chi connectivity index (χ1n) is 3.57. The van der Waals surface area contributed by atoms with Gasteiger partial charge >= 0.3 is 0 Å². The van der Waals surface area contributed by atoms with E-state index in [-0.39, 0.29) is 0 Å². The lowest BCUT2D eigenvalue weighted by Gasteiger charge is -2.14. The lowest BCUT2D eigenvalue weighted by atomic mass is 10.3. The molecule has 5 heteroatoms. The largest absolute Gasteiger partial charge is 0.366 e. The van der Waals surface area contributed by atoms with Gasteiger partial charge in [0.25, 0.3) is 0 Å². The van der Waals surface area contributed by atoms with Crippen molar-refractivity contribution in [2.45, 2.75) is 13.2 Å². The van der Waals surface area contributed by atoms with Crippen LogP contribution < -0.4 is 5.32 Å². The van der Waals surface area contributed by atoms with Crippen LogP contribution in [0, 0.1) is 6.92 Å². The maximum Gasteiger partial charge on any atom is 0.193 e. The first-order valence-corrected chi connectivity index (χ1v) is 3.57. The molecule has 0 amide bonds. The fourth-order valence-electron chi connectivity index (χ4n) is 1.02. The topological polar surface area (TPSA) is 70.4 Å². The summed E-state index contributed by atoms with van der Waals surface area (Å²) in [4.78, 5) is 11.9. The predicted molar refractivity (Wildman–Crippen MR) is 43.8 cm³/mol. The fraction of sp³-hybridized carbons (Fsp3) is 0.286. The van der Waals surface area contributed by atoms with Crippen molar-refractivity contribution in [3.05, 3.63) is 17.6 Å². The standard InChI is InChI=1S/C7H8N4O/c1-4-2-8-5-6(11-4)9-3-10-7(5)12/h2-3,7,12H,1H3,(H,9,10,11). The van der Waals surface area contributed by atoms with E-state index in [0.717, 1.165) is 5.69 Å². The molecule has 12 heavy (non-hydrogen) atoms. The third kappa shape index (κ3) is 1.04. The fourth-order valence-corrected chi connectivity index (χ4v) is 1.02. The number of aromatic nitrogens is 2. The molecule has 1 unspecified atom stereocenters. The molecule has 2 rings (SSSR count). The predicted octanol–water partition coefficient (Wildman–Crippen LogP) is 0.230. The Bertz CT molecular complexity index is 336. The molecule has 1 aliphatic heterocycles. The molecule has 1 aliphatic rings. The number of nitrogens with one attached hydrogen (secondary N) is 1. The molecule has 2 N–H and O–H groups in total. The zero-order valence-electron chi connectivity index (χ0n) is 6.52. The van der Waals surface area contributed by atoms with E-state index in [2.05, 4.69) is 20.3 Å². The third-order valence-electron chi connectivity index (χ3n) is 1.58. The Kier molecular flexibility index (Phi) is 1.51. The van der Waals surface area contributed by atoms with E-state index in [0.29, 0.717) is 11.5 Å². The van der Waals surface area contributed by atoms with Crippen LogP contribution in [0.2, 0.25) is 0 Å². The average Bonchev–Trinajstić information content (AvgIpc) is 2.04. The highest BCUT2D eigenvalue weighted by atomic mass is 16.3. The van der Waals surface area contributed by atoms with Gasteiger partial charge in [-0.3, -0.25) is 4.98 Å². The van der Waals surface area contributed by atoms with Crippen LogP contribution >= 0.6 is 0 Å². The first kappa shape index (κ1) is 7.17. The summed E-state index contributed by atoms with van der Waals surface area (Å²) in [5.41, 5.74) is 1.28. The highest BCUT2D eigenvalue weighted by Gasteiger charge is 2.16. The number of hydrogen-bond donors (Lipinski definition) is 2. The second-order valence-corrected chi connectivity index (χ2v) is 2.54. The summed E-state index contributed by atoms with van der Waals surface area (Å²) in [5, 5.41) is 12.1. The van der Waals surface area contributed by atoms with Gasteiger partial charge in [0, 0.05) is 6.20 Å². The molecule has 1 atom stereocenters. The normalized spacial score (nSPS) is 20.0. The quantitative estimate of drug-likeness (QED) is 0.575. The number of anilines is 1. The van der Waals surface area contributed by atoms with Crippen molar-refractivity contribution >= 4 is 12.2 Å². The minimum atomic E-state index is -0.880. The van der Waals surface area contributed by atoms with E-state index in [4.69, 9.17) is 0 Å². The van der Waals surface area contributed by atoms with Crippen molar-refractivity contribution in [2.75, 3.05) is 5.32 Å². The Morgan fingerprint density at radius 1 is 1.58 bits per heavy atom. The zero-order chi connectivity index (χ0) is 8.55. The van der Waals surface area contributed by atoms with Crippen LogP contribution in [0.25, 0.3) is 0 Å². The van der Waals surface area contributed by atoms with Crippen molar-refractivity contribution in [3.63, 3.8) is 0 Å². The summed E-state index contributed by atoms with van der Waals surface area (Å²) in [6, 6.07) is 0. The molecular weight excluding hydrogens is 156 g/mol. The van der Waals surface area contributed by atoms with Crippen molar-refractivity contribution in [2.24, 2.45) is 4.99 Å². The van der Waals surface area contributed by atoms with Crippen LogP contribution in [0.3, 0.4) is 0 Å². The number of aliphatic imine (C=N–C) groups is 1. The van der Waals surface area contributed by atoms with Crippen molar-refractivity contribution < 1.29 is 5.11 Å². The van der Waals surface area contributed by atoms with E-state index < -0.39 is 6.23 Å². The molecule has 1 aromatic heterocycles. The second kappa shape index (κ2) is 2.53. The highest BCUT2D eigenvalue weighted by molar-refractivity contribution is 5.77. The zero-order valence-corrected chi connectivity index (χ0v) is 6.52.